The molecule has 0 bridgehead atoms. The van der Waals surface area contributed by atoms with Crippen LogP contribution in [0.25, 0.3) is 5.69 Å². The molecule has 9 heteroatoms. The first kappa shape index (κ1) is 19.9. The van der Waals surface area contributed by atoms with Crippen LogP contribution in [0.4, 0.5) is 4.39 Å². The number of aromatic nitrogens is 2. The van der Waals surface area contributed by atoms with E-state index in [1.165, 1.54) is 31.4 Å². The van der Waals surface area contributed by atoms with Gasteiger partial charge in [-0.3, -0.25) is 19.5 Å². The molecule has 3 rings (SSSR count). The maximum Gasteiger partial charge on any atom is 0.305 e. The fourth-order valence-corrected chi connectivity index (χ4v) is 2.79. The number of benzene rings is 2. The van der Waals surface area contributed by atoms with Crippen LogP contribution in [0.2, 0.25) is 0 Å². The SMILES string of the molecule is COc1ccc([C@H](CC(=O)O)NC(=O)c2cc(=O)n(-c3ccc(F)cc3)[nH]2)cc1. The van der Waals surface area contributed by atoms with Gasteiger partial charge in [-0.05, 0) is 42.0 Å². The van der Waals surface area contributed by atoms with Crippen molar-refractivity contribution in [2.75, 3.05) is 7.11 Å². The number of aliphatic carboxylic acids is 1. The van der Waals surface area contributed by atoms with Gasteiger partial charge in [-0.15, -0.1) is 0 Å². The molecule has 0 radical (unpaired) electrons. The van der Waals surface area contributed by atoms with Crippen molar-refractivity contribution < 1.29 is 23.8 Å². The van der Waals surface area contributed by atoms with E-state index in [0.717, 1.165) is 10.7 Å². The van der Waals surface area contributed by atoms with Crippen molar-refractivity contribution in [3.63, 3.8) is 0 Å². The standard InChI is InChI=1S/C20H18FN3O5/c1-29-15-8-2-12(3-9-15)16(11-19(26)27)22-20(28)17-10-18(25)24(23-17)14-6-4-13(21)5-7-14/h2-10,16,23H,11H2,1H3,(H,22,28)(H,26,27)/t16-/m0/s1. The summed E-state index contributed by atoms with van der Waals surface area (Å²) in [5.74, 6) is -1.61. The van der Waals surface area contributed by atoms with Gasteiger partial charge in [0.25, 0.3) is 11.5 Å². The summed E-state index contributed by atoms with van der Waals surface area (Å²) in [6.07, 6.45) is -0.346. The summed E-state index contributed by atoms with van der Waals surface area (Å²) < 4.78 is 19.2. The van der Waals surface area contributed by atoms with Crippen LogP contribution >= 0.6 is 0 Å². The average molecular weight is 399 g/mol. The summed E-state index contributed by atoms with van der Waals surface area (Å²) in [5, 5.41) is 14.4. The van der Waals surface area contributed by atoms with Gasteiger partial charge in [0.05, 0.1) is 25.3 Å². The van der Waals surface area contributed by atoms with Gasteiger partial charge >= 0.3 is 5.97 Å². The molecular formula is C20H18FN3O5. The van der Waals surface area contributed by atoms with Crippen molar-refractivity contribution in [3.8, 4) is 11.4 Å². The third-order valence-corrected chi connectivity index (χ3v) is 4.25. The van der Waals surface area contributed by atoms with Crippen LogP contribution in [0.3, 0.4) is 0 Å². The molecule has 1 aromatic heterocycles. The molecule has 29 heavy (non-hydrogen) atoms. The Hall–Kier alpha value is -3.88. The van der Waals surface area contributed by atoms with Gasteiger partial charge < -0.3 is 15.2 Å². The second kappa shape index (κ2) is 8.42. The number of nitrogens with zero attached hydrogens (tertiary/aromatic N) is 1. The van der Waals surface area contributed by atoms with E-state index in [2.05, 4.69) is 10.4 Å². The number of carbonyl (C=O) groups is 2. The molecule has 0 saturated heterocycles. The molecule has 0 saturated carbocycles. The number of hydrogen-bond acceptors (Lipinski definition) is 4. The van der Waals surface area contributed by atoms with Crippen LogP contribution in [0.15, 0.2) is 59.4 Å². The highest BCUT2D eigenvalue weighted by molar-refractivity contribution is 5.92. The van der Waals surface area contributed by atoms with E-state index in [0.29, 0.717) is 17.0 Å². The van der Waals surface area contributed by atoms with Crippen LogP contribution in [0.5, 0.6) is 5.75 Å². The van der Waals surface area contributed by atoms with Crippen molar-refractivity contribution in [3.05, 3.63) is 82.0 Å². The van der Waals surface area contributed by atoms with E-state index in [1.54, 1.807) is 24.3 Å². The van der Waals surface area contributed by atoms with Crippen molar-refractivity contribution in [1.29, 1.82) is 0 Å². The van der Waals surface area contributed by atoms with Crippen molar-refractivity contribution in [1.82, 2.24) is 15.1 Å². The number of rotatable bonds is 7. The van der Waals surface area contributed by atoms with Gasteiger partial charge in [-0.1, -0.05) is 12.1 Å². The molecule has 0 aliphatic heterocycles. The Kier molecular flexibility index (Phi) is 5.77. The summed E-state index contributed by atoms with van der Waals surface area (Å²) in [6.45, 7) is 0. The van der Waals surface area contributed by atoms with Crippen molar-refractivity contribution >= 4 is 11.9 Å². The molecule has 0 aliphatic rings. The Morgan fingerprint density at radius 3 is 2.41 bits per heavy atom. The number of carbonyl (C=O) groups excluding carboxylic acids is 1. The number of methoxy groups -OCH3 is 1. The first-order valence-electron chi connectivity index (χ1n) is 8.62. The zero-order valence-corrected chi connectivity index (χ0v) is 15.4. The van der Waals surface area contributed by atoms with E-state index in [1.807, 2.05) is 0 Å². The number of amides is 1. The maximum absolute atomic E-state index is 13.1. The van der Waals surface area contributed by atoms with E-state index in [-0.39, 0.29) is 12.1 Å². The molecule has 150 valence electrons. The first-order valence-corrected chi connectivity index (χ1v) is 8.62. The number of carboxylic acid groups (broad SMARTS) is 1. The highest BCUT2D eigenvalue weighted by atomic mass is 19.1. The molecule has 0 aliphatic carbocycles. The van der Waals surface area contributed by atoms with Crippen molar-refractivity contribution in [2.24, 2.45) is 0 Å². The summed E-state index contributed by atoms with van der Waals surface area (Å²) in [7, 11) is 1.51. The molecule has 2 aromatic carbocycles. The van der Waals surface area contributed by atoms with Crippen LogP contribution in [-0.4, -0.2) is 33.9 Å². The molecule has 1 amide bonds. The van der Waals surface area contributed by atoms with Crippen LogP contribution < -0.4 is 15.6 Å². The fourth-order valence-electron chi connectivity index (χ4n) is 2.79. The molecular weight excluding hydrogens is 381 g/mol. The molecule has 3 N–H and O–H groups in total. The van der Waals surface area contributed by atoms with E-state index < -0.39 is 29.3 Å². The first-order chi connectivity index (χ1) is 13.9. The third kappa shape index (κ3) is 4.70. The second-order valence-electron chi connectivity index (χ2n) is 6.22. The summed E-state index contributed by atoms with van der Waals surface area (Å²) >= 11 is 0. The van der Waals surface area contributed by atoms with E-state index in [4.69, 9.17) is 4.74 Å². The van der Waals surface area contributed by atoms with Crippen LogP contribution in [0.1, 0.15) is 28.5 Å². The zero-order chi connectivity index (χ0) is 21.0. The molecule has 0 unspecified atom stereocenters. The number of H-pyrrole nitrogens is 1. The van der Waals surface area contributed by atoms with Crippen molar-refractivity contribution in [2.45, 2.75) is 12.5 Å². The second-order valence-corrected chi connectivity index (χ2v) is 6.22. The average Bonchev–Trinajstić information content (AvgIpc) is 3.09. The highest BCUT2D eigenvalue weighted by Gasteiger charge is 2.21. The third-order valence-electron chi connectivity index (χ3n) is 4.25. The Morgan fingerprint density at radius 2 is 1.83 bits per heavy atom. The topological polar surface area (TPSA) is 113 Å². The number of hydrogen-bond donors (Lipinski definition) is 3. The molecule has 1 atom stereocenters. The summed E-state index contributed by atoms with van der Waals surface area (Å²) in [4.78, 5) is 36.0. The minimum Gasteiger partial charge on any atom is -0.497 e. The lowest BCUT2D eigenvalue weighted by Crippen LogP contribution is -2.30. The lowest BCUT2D eigenvalue weighted by Gasteiger charge is -2.17. The summed E-state index contributed by atoms with van der Waals surface area (Å²) in [6, 6.07) is 12.0. The van der Waals surface area contributed by atoms with Gasteiger partial charge in [0.2, 0.25) is 0 Å². The lowest BCUT2D eigenvalue weighted by molar-refractivity contribution is -0.137. The zero-order valence-electron chi connectivity index (χ0n) is 15.4. The quantitative estimate of drug-likeness (QED) is 0.564. The van der Waals surface area contributed by atoms with Crippen LogP contribution in [0, 0.1) is 5.82 Å². The predicted molar refractivity (Wildman–Crippen MR) is 102 cm³/mol. The molecule has 3 aromatic rings. The molecule has 1 heterocycles. The van der Waals surface area contributed by atoms with Gasteiger partial charge in [0, 0.05) is 6.07 Å². The Labute approximate surface area is 164 Å². The minimum absolute atomic E-state index is 0.0526. The summed E-state index contributed by atoms with van der Waals surface area (Å²) in [5.41, 5.74) is 0.360. The van der Waals surface area contributed by atoms with Gasteiger partial charge in [-0.2, -0.15) is 0 Å². The Balaban J connectivity index is 1.84. The maximum atomic E-state index is 13.1. The van der Waals surface area contributed by atoms with Crippen LogP contribution in [-0.2, 0) is 4.79 Å². The van der Waals surface area contributed by atoms with E-state index in [9.17, 15) is 23.9 Å². The smallest absolute Gasteiger partial charge is 0.305 e. The Morgan fingerprint density at radius 1 is 1.17 bits per heavy atom. The lowest BCUT2D eigenvalue weighted by atomic mass is 10.0. The molecule has 8 nitrogen and oxygen atoms in total. The number of ether oxygens (including phenoxy) is 1. The largest absolute Gasteiger partial charge is 0.497 e. The van der Waals surface area contributed by atoms with Gasteiger partial charge in [0.1, 0.15) is 17.3 Å². The predicted octanol–water partition coefficient (Wildman–Crippen LogP) is 2.26. The number of aromatic amines is 1. The number of halogens is 1. The number of carboxylic acids is 1. The normalized spacial score (nSPS) is 11.7. The van der Waals surface area contributed by atoms with E-state index >= 15 is 0 Å². The number of nitrogens with one attached hydrogen (secondary N) is 2. The molecule has 0 spiro atoms. The van der Waals surface area contributed by atoms with Gasteiger partial charge in [-0.25, -0.2) is 9.07 Å². The fraction of sp³-hybridized carbons (Fsp3) is 0.150. The Bertz CT molecular complexity index is 1070. The highest BCUT2D eigenvalue weighted by Crippen LogP contribution is 2.21. The monoisotopic (exact) mass is 399 g/mol. The minimum atomic E-state index is -1.09. The molecule has 0 fully saturated rings. The van der Waals surface area contributed by atoms with Gasteiger partial charge in [0.15, 0.2) is 0 Å².